The molecule has 0 bridgehead atoms. The number of urea groups is 1. The van der Waals surface area contributed by atoms with E-state index >= 15 is 0 Å². The summed E-state index contributed by atoms with van der Waals surface area (Å²) in [6.45, 7) is 2.29. The molecule has 2 N–H and O–H groups in total. The second kappa shape index (κ2) is 8.78. The molecular formula is C26H27N5O3. The lowest BCUT2D eigenvalue weighted by molar-refractivity contribution is -0.135. The van der Waals surface area contributed by atoms with Gasteiger partial charge < -0.3 is 10.6 Å². The molecule has 4 amide bonds. The van der Waals surface area contributed by atoms with Crippen molar-refractivity contribution >= 4 is 17.8 Å². The molecule has 3 aromatic rings. The first-order valence-corrected chi connectivity index (χ1v) is 11.5. The number of nitrogens with zero attached hydrogens (tertiary/aromatic N) is 3. The van der Waals surface area contributed by atoms with Crippen molar-refractivity contribution in [2.24, 2.45) is 5.92 Å². The Morgan fingerprint density at radius 1 is 1.09 bits per heavy atom. The minimum Gasteiger partial charge on any atom is -0.350 e. The first kappa shape index (κ1) is 21.9. The maximum Gasteiger partial charge on any atom is 0.325 e. The third kappa shape index (κ3) is 4.31. The monoisotopic (exact) mass is 457 g/mol. The topological polar surface area (TPSA) is 96.3 Å². The van der Waals surface area contributed by atoms with Crippen molar-refractivity contribution in [2.45, 2.75) is 38.4 Å². The molecule has 0 spiro atoms. The van der Waals surface area contributed by atoms with Gasteiger partial charge in [-0.2, -0.15) is 5.10 Å². The molecule has 34 heavy (non-hydrogen) atoms. The largest absolute Gasteiger partial charge is 0.350 e. The van der Waals surface area contributed by atoms with Crippen LogP contribution in [-0.4, -0.2) is 44.6 Å². The van der Waals surface area contributed by atoms with E-state index in [4.69, 9.17) is 5.10 Å². The summed E-state index contributed by atoms with van der Waals surface area (Å²) in [6, 6.07) is 19.3. The van der Waals surface area contributed by atoms with Gasteiger partial charge in [0.05, 0.1) is 12.2 Å². The Hall–Kier alpha value is -3.94. The molecule has 174 valence electrons. The Kier molecular flexibility index (Phi) is 5.65. The predicted octanol–water partition coefficient (Wildman–Crippen LogP) is 2.94. The normalized spacial score (nSPS) is 19.9. The standard InChI is InChI=1S/C26H27N5O3/c1-26(21-12-13-21)24(33)31(25(34)28-26)17-22(32)27-14-20-16-30(15-18-8-4-2-5-9-18)29-23(20)19-10-6-3-7-11-19/h2-11,16,21H,12-15,17H2,1H3,(H,27,32)(H,28,34)/t26-/m0/s1. The van der Waals surface area contributed by atoms with Gasteiger partial charge in [-0.25, -0.2) is 4.79 Å². The van der Waals surface area contributed by atoms with E-state index < -0.39 is 17.5 Å². The van der Waals surface area contributed by atoms with Crippen LogP contribution in [0.5, 0.6) is 0 Å². The molecule has 2 aliphatic rings. The van der Waals surface area contributed by atoms with Crippen LogP contribution in [0, 0.1) is 5.92 Å². The fourth-order valence-electron chi connectivity index (χ4n) is 4.47. The summed E-state index contributed by atoms with van der Waals surface area (Å²) >= 11 is 0. The van der Waals surface area contributed by atoms with E-state index in [1.165, 1.54) is 0 Å². The van der Waals surface area contributed by atoms with Crippen molar-refractivity contribution < 1.29 is 14.4 Å². The van der Waals surface area contributed by atoms with Crippen molar-refractivity contribution in [1.29, 1.82) is 0 Å². The van der Waals surface area contributed by atoms with Crippen molar-refractivity contribution in [2.75, 3.05) is 6.54 Å². The van der Waals surface area contributed by atoms with Crippen molar-refractivity contribution in [3.63, 3.8) is 0 Å². The molecule has 1 saturated heterocycles. The molecule has 1 aromatic heterocycles. The van der Waals surface area contributed by atoms with Crippen LogP contribution >= 0.6 is 0 Å². The number of benzene rings is 2. The molecule has 2 heterocycles. The van der Waals surface area contributed by atoms with Crippen LogP contribution in [-0.2, 0) is 22.7 Å². The highest BCUT2D eigenvalue weighted by Gasteiger charge is 2.56. The first-order chi connectivity index (χ1) is 16.4. The Labute approximate surface area is 197 Å². The molecule has 1 saturated carbocycles. The number of amides is 4. The van der Waals surface area contributed by atoms with E-state index in [1.807, 2.05) is 71.5 Å². The average Bonchev–Trinajstić information content (AvgIpc) is 3.59. The third-order valence-electron chi connectivity index (χ3n) is 6.54. The lowest BCUT2D eigenvalue weighted by Gasteiger charge is -2.20. The fourth-order valence-corrected chi connectivity index (χ4v) is 4.47. The van der Waals surface area contributed by atoms with Gasteiger partial charge in [-0.15, -0.1) is 0 Å². The van der Waals surface area contributed by atoms with Crippen LogP contribution in [0.3, 0.4) is 0 Å². The lowest BCUT2D eigenvalue weighted by Crippen LogP contribution is -2.46. The van der Waals surface area contributed by atoms with E-state index in [2.05, 4.69) is 10.6 Å². The number of nitrogens with one attached hydrogen (secondary N) is 2. The summed E-state index contributed by atoms with van der Waals surface area (Å²) in [5, 5.41) is 10.4. The quantitative estimate of drug-likeness (QED) is 0.509. The summed E-state index contributed by atoms with van der Waals surface area (Å²) in [6.07, 6.45) is 3.75. The van der Waals surface area contributed by atoms with E-state index in [9.17, 15) is 14.4 Å². The van der Waals surface area contributed by atoms with Gasteiger partial charge >= 0.3 is 6.03 Å². The molecule has 1 aliphatic carbocycles. The molecular weight excluding hydrogens is 430 g/mol. The Morgan fingerprint density at radius 3 is 2.44 bits per heavy atom. The van der Waals surface area contributed by atoms with Gasteiger partial charge in [0.2, 0.25) is 5.91 Å². The Morgan fingerprint density at radius 2 is 1.76 bits per heavy atom. The smallest absolute Gasteiger partial charge is 0.325 e. The number of carbonyl (C=O) groups excluding carboxylic acids is 3. The fraction of sp³-hybridized carbons (Fsp3) is 0.308. The maximum atomic E-state index is 12.8. The van der Waals surface area contributed by atoms with Crippen molar-refractivity contribution in [1.82, 2.24) is 25.3 Å². The number of rotatable bonds is 8. The second-order valence-electron chi connectivity index (χ2n) is 9.13. The van der Waals surface area contributed by atoms with Crippen LogP contribution in [0.1, 0.15) is 30.9 Å². The van der Waals surface area contributed by atoms with Gasteiger partial charge in [0, 0.05) is 23.9 Å². The van der Waals surface area contributed by atoms with Crippen molar-refractivity contribution in [3.8, 4) is 11.3 Å². The summed E-state index contributed by atoms with van der Waals surface area (Å²) in [4.78, 5) is 38.9. The summed E-state index contributed by atoms with van der Waals surface area (Å²) in [5.41, 5.74) is 2.82. The summed E-state index contributed by atoms with van der Waals surface area (Å²) in [5.74, 6) is -0.560. The Bertz CT molecular complexity index is 1220. The zero-order valence-corrected chi connectivity index (χ0v) is 19.0. The molecule has 5 rings (SSSR count). The minimum atomic E-state index is -0.892. The van der Waals surface area contributed by atoms with Crippen LogP contribution in [0.25, 0.3) is 11.3 Å². The highest BCUT2D eigenvalue weighted by Crippen LogP contribution is 2.42. The number of aromatic nitrogens is 2. The van der Waals surface area contributed by atoms with Crippen molar-refractivity contribution in [3.05, 3.63) is 78.0 Å². The highest BCUT2D eigenvalue weighted by molar-refractivity contribution is 6.09. The van der Waals surface area contributed by atoms with E-state index in [0.717, 1.165) is 40.1 Å². The van der Waals surface area contributed by atoms with Gasteiger partial charge in [-0.1, -0.05) is 60.7 Å². The van der Waals surface area contributed by atoms with Gasteiger partial charge in [-0.05, 0) is 31.2 Å². The van der Waals surface area contributed by atoms with E-state index in [-0.39, 0.29) is 24.9 Å². The van der Waals surface area contributed by atoms with Gasteiger partial charge in [-0.3, -0.25) is 19.2 Å². The Balaban J connectivity index is 1.29. The number of hydrogen-bond donors (Lipinski definition) is 2. The minimum absolute atomic E-state index is 0.154. The highest BCUT2D eigenvalue weighted by atomic mass is 16.2. The molecule has 0 unspecified atom stereocenters. The molecule has 2 fully saturated rings. The predicted molar refractivity (Wildman–Crippen MR) is 126 cm³/mol. The molecule has 2 aromatic carbocycles. The molecule has 1 atom stereocenters. The number of hydrogen-bond acceptors (Lipinski definition) is 4. The molecule has 8 heteroatoms. The second-order valence-corrected chi connectivity index (χ2v) is 9.13. The SMILES string of the molecule is C[C@@]1(C2CC2)NC(=O)N(CC(=O)NCc2cn(Cc3ccccc3)nc2-c2ccccc2)C1=O. The first-order valence-electron chi connectivity index (χ1n) is 11.5. The zero-order valence-electron chi connectivity index (χ0n) is 19.0. The average molecular weight is 458 g/mol. The summed E-state index contributed by atoms with van der Waals surface area (Å²) in [7, 11) is 0. The molecule has 1 aliphatic heterocycles. The van der Waals surface area contributed by atoms with Crippen LogP contribution in [0.4, 0.5) is 4.79 Å². The van der Waals surface area contributed by atoms with Gasteiger partial charge in [0.15, 0.2) is 0 Å². The maximum absolute atomic E-state index is 12.8. The third-order valence-corrected chi connectivity index (χ3v) is 6.54. The van der Waals surface area contributed by atoms with E-state index in [1.54, 1.807) is 6.92 Å². The number of carbonyl (C=O) groups is 3. The summed E-state index contributed by atoms with van der Waals surface area (Å²) < 4.78 is 1.86. The van der Waals surface area contributed by atoms with Gasteiger partial charge in [0.25, 0.3) is 5.91 Å². The molecule has 8 nitrogen and oxygen atoms in total. The van der Waals surface area contributed by atoms with E-state index in [0.29, 0.717) is 6.54 Å². The zero-order chi connectivity index (χ0) is 23.7. The van der Waals surface area contributed by atoms with Gasteiger partial charge in [0.1, 0.15) is 12.1 Å². The van der Waals surface area contributed by atoms with Crippen LogP contribution in [0.15, 0.2) is 66.9 Å². The lowest BCUT2D eigenvalue weighted by atomic mass is 9.96. The van der Waals surface area contributed by atoms with Crippen LogP contribution < -0.4 is 10.6 Å². The molecule has 0 radical (unpaired) electrons. The van der Waals surface area contributed by atoms with Crippen LogP contribution in [0.2, 0.25) is 0 Å². The number of imide groups is 1.